The van der Waals surface area contributed by atoms with Crippen LogP contribution in [0.2, 0.25) is 0 Å². The molecule has 142 valence electrons. The number of hydrogen-bond donors (Lipinski definition) is 2. The molecule has 2 N–H and O–H groups in total. The van der Waals surface area contributed by atoms with Crippen LogP contribution < -0.4 is 5.32 Å². The first-order valence-corrected chi connectivity index (χ1v) is 8.92. The van der Waals surface area contributed by atoms with Crippen molar-refractivity contribution < 1.29 is 19.1 Å². The zero-order chi connectivity index (χ0) is 19.9. The van der Waals surface area contributed by atoms with E-state index in [0.717, 1.165) is 16.7 Å². The Morgan fingerprint density at radius 1 is 0.857 bits per heavy atom. The number of amides is 1. The van der Waals surface area contributed by atoms with Crippen molar-refractivity contribution in [3.8, 4) is 11.1 Å². The molecule has 1 atom stereocenters. The topological polar surface area (TPSA) is 66.4 Å². The number of aliphatic carboxylic acids is 1. The van der Waals surface area contributed by atoms with E-state index < -0.39 is 23.7 Å². The fourth-order valence-corrected chi connectivity index (χ4v) is 2.98. The number of benzene rings is 3. The lowest BCUT2D eigenvalue weighted by Gasteiger charge is -2.15. The molecule has 1 amide bonds. The second kappa shape index (κ2) is 8.95. The quantitative estimate of drug-likeness (QED) is 0.657. The van der Waals surface area contributed by atoms with Gasteiger partial charge in [-0.15, -0.1) is 0 Å². The Kier molecular flexibility index (Phi) is 6.17. The molecule has 3 aromatic rings. The highest BCUT2D eigenvalue weighted by Gasteiger charge is 2.20. The molecule has 0 fully saturated rings. The van der Waals surface area contributed by atoms with Gasteiger partial charge in [0.1, 0.15) is 11.9 Å². The number of carbonyl (C=O) groups excluding carboxylic acids is 1. The minimum Gasteiger partial charge on any atom is -0.480 e. The predicted molar refractivity (Wildman–Crippen MR) is 105 cm³/mol. The lowest BCUT2D eigenvalue weighted by Crippen LogP contribution is -2.43. The second-order valence-corrected chi connectivity index (χ2v) is 6.53. The van der Waals surface area contributed by atoms with Crippen molar-refractivity contribution in [2.45, 2.75) is 18.9 Å². The Morgan fingerprint density at radius 3 is 2.18 bits per heavy atom. The van der Waals surface area contributed by atoms with Crippen LogP contribution in [0, 0.1) is 5.82 Å². The van der Waals surface area contributed by atoms with E-state index >= 15 is 0 Å². The number of carbonyl (C=O) groups is 2. The van der Waals surface area contributed by atoms with Gasteiger partial charge >= 0.3 is 5.97 Å². The fourth-order valence-electron chi connectivity index (χ4n) is 2.98. The van der Waals surface area contributed by atoms with E-state index in [-0.39, 0.29) is 12.8 Å². The summed E-state index contributed by atoms with van der Waals surface area (Å²) in [6, 6.07) is 22.1. The Morgan fingerprint density at radius 2 is 1.54 bits per heavy atom. The number of nitrogens with one attached hydrogen (secondary N) is 1. The van der Waals surface area contributed by atoms with Gasteiger partial charge in [-0.05, 0) is 34.4 Å². The Labute approximate surface area is 162 Å². The largest absolute Gasteiger partial charge is 0.480 e. The molecule has 0 saturated heterocycles. The second-order valence-electron chi connectivity index (χ2n) is 6.53. The number of carboxylic acids is 1. The first-order valence-electron chi connectivity index (χ1n) is 8.92. The smallest absolute Gasteiger partial charge is 0.326 e. The van der Waals surface area contributed by atoms with Crippen LogP contribution in [-0.2, 0) is 22.4 Å². The molecule has 28 heavy (non-hydrogen) atoms. The van der Waals surface area contributed by atoms with Crippen LogP contribution in [0.25, 0.3) is 11.1 Å². The van der Waals surface area contributed by atoms with E-state index in [1.54, 1.807) is 6.07 Å². The number of rotatable bonds is 7. The molecule has 0 aliphatic heterocycles. The summed E-state index contributed by atoms with van der Waals surface area (Å²) in [6.07, 6.45) is 0.0911. The van der Waals surface area contributed by atoms with Crippen LogP contribution in [0.3, 0.4) is 0 Å². The van der Waals surface area contributed by atoms with Crippen LogP contribution in [0.1, 0.15) is 11.1 Å². The summed E-state index contributed by atoms with van der Waals surface area (Å²) < 4.78 is 13.2. The average Bonchev–Trinajstić information content (AvgIpc) is 2.68. The van der Waals surface area contributed by atoms with Crippen molar-refractivity contribution in [1.82, 2.24) is 5.32 Å². The molecule has 0 bridgehead atoms. The Hall–Kier alpha value is -3.47. The molecular formula is C23H20FNO3. The summed E-state index contributed by atoms with van der Waals surface area (Å²) in [5.74, 6) is -2.00. The summed E-state index contributed by atoms with van der Waals surface area (Å²) in [4.78, 5) is 23.7. The van der Waals surface area contributed by atoms with Crippen LogP contribution in [-0.4, -0.2) is 23.0 Å². The van der Waals surface area contributed by atoms with Crippen LogP contribution in [0.5, 0.6) is 0 Å². The monoisotopic (exact) mass is 377 g/mol. The van der Waals surface area contributed by atoms with Crippen molar-refractivity contribution in [3.63, 3.8) is 0 Å². The molecule has 0 radical (unpaired) electrons. The van der Waals surface area contributed by atoms with Gasteiger partial charge in [0.2, 0.25) is 5.91 Å². The highest BCUT2D eigenvalue weighted by molar-refractivity contribution is 5.85. The number of carboxylic acid groups (broad SMARTS) is 1. The summed E-state index contributed by atoms with van der Waals surface area (Å²) in [6.45, 7) is 0. The highest BCUT2D eigenvalue weighted by atomic mass is 19.1. The summed E-state index contributed by atoms with van der Waals surface area (Å²) in [7, 11) is 0. The molecule has 0 aromatic heterocycles. The van der Waals surface area contributed by atoms with Crippen molar-refractivity contribution in [2.75, 3.05) is 0 Å². The van der Waals surface area contributed by atoms with Gasteiger partial charge in [0.25, 0.3) is 0 Å². The van der Waals surface area contributed by atoms with Crippen LogP contribution in [0.4, 0.5) is 4.39 Å². The van der Waals surface area contributed by atoms with Crippen molar-refractivity contribution in [2.24, 2.45) is 0 Å². The molecule has 0 saturated carbocycles. The molecule has 0 aliphatic rings. The molecule has 0 aliphatic carbocycles. The van der Waals surface area contributed by atoms with E-state index in [1.165, 1.54) is 18.2 Å². The van der Waals surface area contributed by atoms with E-state index in [0.29, 0.717) is 5.56 Å². The first-order chi connectivity index (χ1) is 13.5. The fraction of sp³-hybridized carbons (Fsp3) is 0.130. The number of halogens is 1. The van der Waals surface area contributed by atoms with Gasteiger partial charge < -0.3 is 10.4 Å². The van der Waals surface area contributed by atoms with Gasteiger partial charge in [-0.25, -0.2) is 9.18 Å². The van der Waals surface area contributed by atoms with E-state index in [1.807, 2.05) is 54.6 Å². The maximum atomic E-state index is 13.2. The molecule has 3 rings (SSSR count). The molecule has 5 heteroatoms. The maximum Gasteiger partial charge on any atom is 0.326 e. The first kappa shape index (κ1) is 19.3. The van der Waals surface area contributed by atoms with Gasteiger partial charge in [-0.3, -0.25) is 4.79 Å². The van der Waals surface area contributed by atoms with Crippen molar-refractivity contribution in [1.29, 1.82) is 0 Å². The van der Waals surface area contributed by atoms with E-state index in [9.17, 15) is 19.1 Å². The third kappa shape index (κ3) is 5.27. The average molecular weight is 377 g/mol. The minimum absolute atomic E-state index is 0.0749. The van der Waals surface area contributed by atoms with Gasteiger partial charge in [-0.1, -0.05) is 66.7 Å². The number of hydrogen-bond acceptors (Lipinski definition) is 2. The third-order valence-electron chi connectivity index (χ3n) is 4.39. The van der Waals surface area contributed by atoms with Gasteiger partial charge in [0.05, 0.1) is 6.42 Å². The zero-order valence-corrected chi connectivity index (χ0v) is 15.1. The van der Waals surface area contributed by atoms with Crippen molar-refractivity contribution in [3.05, 3.63) is 95.8 Å². The van der Waals surface area contributed by atoms with E-state index in [4.69, 9.17) is 0 Å². The Bertz CT molecular complexity index is 955. The molecule has 0 heterocycles. The lowest BCUT2D eigenvalue weighted by atomic mass is 10.0. The zero-order valence-electron chi connectivity index (χ0n) is 15.1. The summed E-state index contributed by atoms with van der Waals surface area (Å²) in [5.41, 5.74) is 3.41. The third-order valence-corrected chi connectivity index (χ3v) is 4.39. The summed E-state index contributed by atoms with van der Waals surface area (Å²) in [5, 5.41) is 12.0. The normalized spacial score (nSPS) is 11.6. The van der Waals surface area contributed by atoms with Gasteiger partial charge in [0, 0.05) is 6.42 Å². The van der Waals surface area contributed by atoms with Gasteiger partial charge in [-0.2, -0.15) is 0 Å². The molecule has 0 spiro atoms. The standard InChI is InChI=1S/C23H20FNO3/c24-20-8-4-5-17(13-20)15-22(26)25-21(23(27)28)14-16-9-11-19(12-10-16)18-6-2-1-3-7-18/h1-13,21H,14-15H2,(H,25,26)(H,27,28)/t21-/m0/s1. The molecule has 4 nitrogen and oxygen atoms in total. The predicted octanol–water partition coefficient (Wildman–Crippen LogP) is 3.85. The maximum absolute atomic E-state index is 13.2. The van der Waals surface area contributed by atoms with E-state index in [2.05, 4.69) is 5.32 Å². The minimum atomic E-state index is -1.11. The van der Waals surface area contributed by atoms with Crippen LogP contribution in [0.15, 0.2) is 78.9 Å². The van der Waals surface area contributed by atoms with Crippen molar-refractivity contribution >= 4 is 11.9 Å². The highest BCUT2D eigenvalue weighted by Crippen LogP contribution is 2.19. The summed E-state index contributed by atoms with van der Waals surface area (Å²) >= 11 is 0. The molecule has 3 aromatic carbocycles. The SMILES string of the molecule is O=C(Cc1cccc(F)c1)N[C@@H](Cc1ccc(-c2ccccc2)cc1)C(=O)O. The lowest BCUT2D eigenvalue weighted by molar-refractivity contribution is -0.141. The molecule has 0 unspecified atom stereocenters. The molecular weight excluding hydrogens is 357 g/mol. The van der Waals surface area contributed by atoms with Crippen LogP contribution >= 0.6 is 0 Å². The van der Waals surface area contributed by atoms with Gasteiger partial charge in [0.15, 0.2) is 0 Å². The Balaban J connectivity index is 1.64.